The third-order valence-electron chi connectivity index (χ3n) is 5.24. The maximum atomic E-state index is 12.4. The van der Waals surface area contributed by atoms with Gasteiger partial charge in [-0.3, -0.25) is 19.8 Å². The molecule has 1 aromatic rings. The molecular formula is C20H28N4O3. The molecule has 2 aliphatic rings. The Labute approximate surface area is 160 Å². The van der Waals surface area contributed by atoms with Crippen LogP contribution < -0.4 is 10.6 Å². The number of hydrogen-bond acceptors (Lipinski definition) is 4. The van der Waals surface area contributed by atoms with Crippen LogP contribution in [-0.2, 0) is 4.79 Å². The van der Waals surface area contributed by atoms with E-state index in [9.17, 15) is 14.4 Å². The molecule has 0 spiro atoms. The average Bonchev–Trinajstić information content (AvgIpc) is 2.69. The minimum Gasteiger partial charge on any atom is -0.336 e. The van der Waals surface area contributed by atoms with Crippen molar-refractivity contribution in [2.75, 3.05) is 32.7 Å². The number of benzene rings is 1. The maximum absolute atomic E-state index is 12.4. The van der Waals surface area contributed by atoms with Gasteiger partial charge < -0.3 is 10.2 Å². The van der Waals surface area contributed by atoms with Gasteiger partial charge in [0.1, 0.15) is 0 Å². The molecule has 0 bridgehead atoms. The lowest BCUT2D eigenvalue weighted by Crippen LogP contribution is -2.53. The SMILES string of the molecule is O=C(CN1CCN(C(=O)c2ccccc2)CC1)NC(=O)NC1CCCCC1. The Morgan fingerprint density at radius 2 is 1.59 bits per heavy atom. The predicted octanol–water partition coefficient (Wildman–Crippen LogP) is 1.60. The van der Waals surface area contributed by atoms with E-state index in [1.54, 1.807) is 4.90 Å². The van der Waals surface area contributed by atoms with Crippen LogP contribution >= 0.6 is 0 Å². The molecule has 2 fully saturated rings. The van der Waals surface area contributed by atoms with Crippen LogP contribution in [-0.4, -0.2) is 66.4 Å². The summed E-state index contributed by atoms with van der Waals surface area (Å²) in [5.74, 6) is -0.280. The summed E-state index contributed by atoms with van der Waals surface area (Å²) in [6.07, 6.45) is 5.45. The van der Waals surface area contributed by atoms with Gasteiger partial charge in [0.25, 0.3) is 5.91 Å². The molecule has 0 unspecified atom stereocenters. The summed E-state index contributed by atoms with van der Waals surface area (Å²) in [5, 5.41) is 5.31. The first-order valence-corrected chi connectivity index (χ1v) is 9.79. The van der Waals surface area contributed by atoms with E-state index in [4.69, 9.17) is 0 Å². The molecule has 146 valence electrons. The Morgan fingerprint density at radius 3 is 2.26 bits per heavy atom. The van der Waals surface area contributed by atoms with Gasteiger partial charge in [-0.15, -0.1) is 0 Å². The van der Waals surface area contributed by atoms with Gasteiger partial charge in [-0.05, 0) is 25.0 Å². The zero-order valence-electron chi connectivity index (χ0n) is 15.7. The number of rotatable bonds is 4. The summed E-state index contributed by atoms with van der Waals surface area (Å²) in [4.78, 5) is 40.3. The van der Waals surface area contributed by atoms with Crippen molar-refractivity contribution in [3.63, 3.8) is 0 Å². The van der Waals surface area contributed by atoms with Gasteiger partial charge >= 0.3 is 6.03 Å². The van der Waals surface area contributed by atoms with Crippen molar-refractivity contribution in [3.8, 4) is 0 Å². The minimum absolute atomic E-state index is 0.0200. The van der Waals surface area contributed by atoms with Gasteiger partial charge in [0.15, 0.2) is 0 Å². The Balaban J connectivity index is 1.37. The van der Waals surface area contributed by atoms with Gasteiger partial charge in [0.05, 0.1) is 6.54 Å². The second-order valence-electron chi connectivity index (χ2n) is 7.29. The van der Waals surface area contributed by atoms with Crippen LogP contribution in [0.25, 0.3) is 0 Å². The van der Waals surface area contributed by atoms with Crippen LogP contribution in [0.3, 0.4) is 0 Å². The summed E-state index contributed by atoms with van der Waals surface area (Å²) >= 11 is 0. The van der Waals surface area contributed by atoms with Crippen molar-refractivity contribution in [1.29, 1.82) is 0 Å². The van der Waals surface area contributed by atoms with Gasteiger partial charge in [-0.1, -0.05) is 37.5 Å². The van der Waals surface area contributed by atoms with Crippen LogP contribution in [0.1, 0.15) is 42.5 Å². The molecule has 27 heavy (non-hydrogen) atoms. The van der Waals surface area contributed by atoms with Crippen LogP contribution in [0.4, 0.5) is 4.79 Å². The van der Waals surface area contributed by atoms with Crippen LogP contribution in [0.5, 0.6) is 0 Å². The first-order chi connectivity index (χ1) is 13.1. The summed E-state index contributed by atoms with van der Waals surface area (Å²) in [6, 6.07) is 9.00. The van der Waals surface area contributed by atoms with Gasteiger partial charge in [-0.2, -0.15) is 0 Å². The van der Waals surface area contributed by atoms with Crippen molar-refractivity contribution in [2.45, 2.75) is 38.1 Å². The van der Waals surface area contributed by atoms with E-state index in [-0.39, 0.29) is 24.4 Å². The quantitative estimate of drug-likeness (QED) is 0.841. The van der Waals surface area contributed by atoms with Crippen molar-refractivity contribution in [2.24, 2.45) is 0 Å². The number of imide groups is 1. The molecule has 0 atom stereocenters. The van der Waals surface area contributed by atoms with Crippen molar-refractivity contribution in [3.05, 3.63) is 35.9 Å². The summed E-state index contributed by atoms with van der Waals surface area (Å²) < 4.78 is 0. The van der Waals surface area contributed by atoms with E-state index in [1.807, 2.05) is 35.2 Å². The van der Waals surface area contributed by atoms with Crippen molar-refractivity contribution >= 4 is 17.8 Å². The topological polar surface area (TPSA) is 81.8 Å². The smallest absolute Gasteiger partial charge is 0.321 e. The lowest BCUT2D eigenvalue weighted by Gasteiger charge is -2.34. The first kappa shape index (κ1) is 19.4. The second kappa shape index (κ2) is 9.50. The number of nitrogens with zero attached hydrogens (tertiary/aromatic N) is 2. The number of amides is 4. The van der Waals surface area contributed by atoms with Crippen LogP contribution in [0.2, 0.25) is 0 Å². The molecule has 1 saturated carbocycles. The van der Waals surface area contributed by atoms with Crippen LogP contribution in [0.15, 0.2) is 30.3 Å². The molecule has 1 aliphatic carbocycles. The predicted molar refractivity (Wildman–Crippen MR) is 102 cm³/mol. The fourth-order valence-electron chi connectivity index (χ4n) is 3.71. The fourth-order valence-corrected chi connectivity index (χ4v) is 3.71. The van der Waals surface area contributed by atoms with Crippen molar-refractivity contribution < 1.29 is 14.4 Å². The maximum Gasteiger partial charge on any atom is 0.321 e. The first-order valence-electron chi connectivity index (χ1n) is 9.79. The van der Waals surface area contributed by atoms with Crippen molar-refractivity contribution in [1.82, 2.24) is 20.4 Å². The molecule has 0 radical (unpaired) electrons. The van der Waals surface area contributed by atoms with Gasteiger partial charge in [-0.25, -0.2) is 4.79 Å². The normalized spacial score (nSPS) is 18.7. The van der Waals surface area contributed by atoms with E-state index >= 15 is 0 Å². The zero-order valence-corrected chi connectivity index (χ0v) is 15.7. The average molecular weight is 372 g/mol. The Kier molecular flexibility index (Phi) is 6.81. The third-order valence-corrected chi connectivity index (χ3v) is 5.24. The molecule has 7 nitrogen and oxygen atoms in total. The molecule has 3 rings (SSSR count). The fraction of sp³-hybridized carbons (Fsp3) is 0.550. The zero-order chi connectivity index (χ0) is 19.1. The van der Waals surface area contributed by atoms with E-state index in [0.717, 1.165) is 25.7 Å². The lowest BCUT2D eigenvalue weighted by molar-refractivity contribution is -0.121. The molecule has 1 aliphatic heterocycles. The highest BCUT2D eigenvalue weighted by molar-refractivity contribution is 5.95. The number of hydrogen-bond donors (Lipinski definition) is 2. The molecule has 2 N–H and O–H groups in total. The Bertz CT molecular complexity index is 650. The number of urea groups is 1. The number of carbonyl (C=O) groups is 3. The van der Waals surface area contributed by atoms with E-state index in [1.165, 1.54) is 6.42 Å². The molecule has 7 heteroatoms. The van der Waals surface area contributed by atoms with E-state index < -0.39 is 6.03 Å². The molecule has 1 heterocycles. The second-order valence-corrected chi connectivity index (χ2v) is 7.29. The highest BCUT2D eigenvalue weighted by atomic mass is 16.2. The number of carbonyl (C=O) groups excluding carboxylic acids is 3. The van der Waals surface area contributed by atoms with Gasteiger partial charge in [0.2, 0.25) is 5.91 Å². The minimum atomic E-state index is -0.398. The largest absolute Gasteiger partial charge is 0.336 e. The lowest BCUT2D eigenvalue weighted by atomic mass is 9.96. The summed E-state index contributed by atoms with van der Waals surface area (Å²) in [5.41, 5.74) is 0.683. The number of nitrogens with one attached hydrogen (secondary N) is 2. The standard InChI is InChI=1S/C20H28N4O3/c25-18(22-20(27)21-17-9-5-2-6-10-17)15-23-11-13-24(14-12-23)19(26)16-7-3-1-4-8-16/h1,3-4,7-8,17H,2,5-6,9-15H2,(H2,21,22,25,27). The Hall–Kier alpha value is -2.41. The monoisotopic (exact) mass is 372 g/mol. The molecule has 4 amide bonds. The number of piperazine rings is 1. The third kappa shape index (κ3) is 5.79. The highest BCUT2D eigenvalue weighted by Gasteiger charge is 2.24. The van der Waals surface area contributed by atoms with Crippen LogP contribution in [0, 0.1) is 0 Å². The molecule has 1 aromatic carbocycles. The van der Waals surface area contributed by atoms with E-state index in [0.29, 0.717) is 31.7 Å². The van der Waals surface area contributed by atoms with Gasteiger partial charge in [0, 0.05) is 37.8 Å². The van der Waals surface area contributed by atoms with E-state index in [2.05, 4.69) is 10.6 Å². The highest BCUT2D eigenvalue weighted by Crippen LogP contribution is 2.17. The summed E-state index contributed by atoms with van der Waals surface area (Å²) in [6.45, 7) is 2.57. The Morgan fingerprint density at radius 1 is 0.926 bits per heavy atom. The molecule has 1 saturated heterocycles. The molecule has 0 aromatic heterocycles. The molecular weight excluding hydrogens is 344 g/mol. The summed E-state index contributed by atoms with van der Waals surface area (Å²) in [7, 11) is 0.